The largest absolute Gasteiger partial charge is 0.497 e. The van der Waals surface area contributed by atoms with Gasteiger partial charge < -0.3 is 24.8 Å². The molecule has 1 fully saturated rings. The van der Waals surface area contributed by atoms with Crippen LogP contribution in [-0.2, 0) is 16.0 Å². The van der Waals surface area contributed by atoms with Gasteiger partial charge in [-0.3, -0.25) is 14.9 Å². The number of urea groups is 1. The summed E-state index contributed by atoms with van der Waals surface area (Å²) < 4.78 is 16.9. The Morgan fingerprint density at radius 3 is 1.98 bits per heavy atom. The SMILES string of the molecule is COc1cc(C=C(C(=O)N2CCCCC2)c2ccc(Oc3ccc(CCC(=O)NC(N)=O)cc3)cc2)cc(OC)c1. The van der Waals surface area contributed by atoms with Crippen LogP contribution < -0.4 is 25.3 Å². The number of carbonyl (C=O) groups excluding carboxylic acids is 3. The van der Waals surface area contributed by atoms with Crippen molar-refractivity contribution in [3.05, 3.63) is 83.4 Å². The van der Waals surface area contributed by atoms with Gasteiger partial charge in [0, 0.05) is 31.1 Å². The van der Waals surface area contributed by atoms with Crippen molar-refractivity contribution >= 4 is 29.5 Å². The van der Waals surface area contributed by atoms with Crippen molar-refractivity contribution in [1.29, 1.82) is 0 Å². The van der Waals surface area contributed by atoms with E-state index >= 15 is 0 Å². The van der Waals surface area contributed by atoms with Crippen LogP contribution in [0.4, 0.5) is 4.79 Å². The third kappa shape index (κ3) is 8.35. The van der Waals surface area contributed by atoms with Crippen molar-refractivity contribution < 1.29 is 28.6 Å². The number of methoxy groups -OCH3 is 2. The summed E-state index contributed by atoms with van der Waals surface area (Å²) >= 11 is 0. The Bertz CT molecular complexity index is 1370. The molecule has 214 valence electrons. The molecule has 0 spiro atoms. The summed E-state index contributed by atoms with van der Waals surface area (Å²) in [5.74, 6) is 2.10. The molecular formula is C32H35N3O6. The molecule has 4 rings (SSSR count). The highest BCUT2D eigenvalue weighted by Crippen LogP contribution is 2.30. The Morgan fingerprint density at radius 1 is 0.829 bits per heavy atom. The second-order valence-corrected chi connectivity index (χ2v) is 9.74. The van der Waals surface area contributed by atoms with Crippen LogP contribution in [0.1, 0.15) is 42.4 Å². The summed E-state index contributed by atoms with van der Waals surface area (Å²) in [6.45, 7) is 1.48. The lowest BCUT2D eigenvalue weighted by Crippen LogP contribution is -2.36. The highest BCUT2D eigenvalue weighted by Gasteiger charge is 2.22. The standard InChI is InChI=1S/C32H35N3O6/c1-39-27-18-23(19-28(21-27)40-2)20-29(31(37)35-16-4-3-5-17-35)24-9-13-26(14-10-24)41-25-11-6-22(7-12-25)8-15-30(36)34-32(33)38/h6-7,9-14,18-21H,3-5,8,15-17H2,1-2H3,(H3,33,34,36,38). The predicted octanol–water partition coefficient (Wildman–Crippen LogP) is 5.18. The molecule has 9 nitrogen and oxygen atoms in total. The smallest absolute Gasteiger partial charge is 0.318 e. The lowest BCUT2D eigenvalue weighted by atomic mass is 9.99. The second-order valence-electron chi connectivity index (χ2n) is 9.74. The predicted molar refractivity (Wildman–Crippen MR) is 157 cm³/mol. The average Bonchev–Trinajstić information content (AvgIpc) is 2.99. The first-order valence-corrected chi connectivity index (χ1v) is 13.5. The number of nitrogens with two attached hydrogens (primary N) is 1. The Balaban J connectivity index is 1.52. The first-order chi connectivity index (χ1) is 19.8. The van der Waals surface area contributed by atoms with Crippen molar-refractivity contribution in [3.63, 3.8) is 0 Å². The third-order valence-corrected chi connectivity index (χ3v) is 6.79. The topological polar surface area (TPSA) is 120 Å². The van der Waals surface area contributed by atoms with E-state index in [4.69, 9.17) is 19.9 Å². The van der Waals surface area contributed by atoms with Crippen LogP contribution in [0.3, 0.4) is 0 Å². The molecular weight excluding hydrogens is 522 g/mol. The summed E-state index contributed by atoms with van der Waals surface area (Å²) in [5, 5.41) is 2.05. The average molecular weight is 558 g/mol. The van der Waals surface area contributed by atoms with E-state index in [0.717, 1.165) is 49.0 Å². The van der Waals surface area contributed by atoms with Gasteiger partial charge in [0.1, 0.15) is 23.0 Å². The first kappa shape index (κ1) is 29.2. The molecule has 1 aliphatic rings. The minimum absolute atomic E-state index is 0.0137. The highest BCUT2D eigenvalue weighted by molar-refractivity contribution is 6.24. The van der Waals surface area contributed by atoms with E-state index in [9.17, 15) is 14.4 Å². The molecule has 41 heavy (non-hydrogen) atoms. The Labute approximate surface area is 239 Å². The quantitative estimate of drug-likeness (QED) is 0.262. The summed E-state index contributed by atoms with van der Waals surface area (Å²) in [4.78, 5) is 38.0. The van der Waals surface area contributed by atoms with Gasteiger partial charge in [0.25, 0.3) is 5.91 Å². The Morgan fingerprint density at radius 2 is 1.41 bits per heavy atom. The van der Waals surface area contributed by atoms with Gasteiger partial charge in [0.2, 0.25) is 5.91 Å². The zero-order chi connectivity index (χ0) is 29.2. The zero-order valence-electron chi connectivity index (χ0n) is 23.4. The Hall–Kier alpha value is -4.79. The normalized spacial score (nSPS) is 13.3. The molecule has 0 aliphatic carbocycles. The number of imide groups is 1. The van der Waals surface area contributed by atoms with Crippen LogP contribution in [0.5, 0.6) is 23.0 Å². The van der Waals surface area contributed by atoms with Gasteiger partial charge in [0.15, 0.2) is 0 Å². The van der Waals surface area contributed by atoms with Crippen LogP contribution >= 0.6 is 0 Å². The maximum Gasteiger partial charge on any atom is 0.318 e. The van der Waals surface area contributed by atoms with Gasteiger partial charge in [0.05, 0.1) is 14.2 Å². The molecule has 0 radical (unpaired) electrons. The molecule has 3 aromatic carbocycles. The van der Waals surface area contributed by atoms with Crippen molar-refractivity contribution in [1.82, 2.24) is 10.2 Å². The number of primary amides is 1. The van der Waals surface area contributed by atoms with Crippen molar-refractivity contribution in [2.24, 2.45) is 5.73 Å². The van der Waals surface area contributed by atoms with Gasteiger partial charge in [-0.25, -0.2) is 4.79 Å². The number of ether oxygens (including phenoxy) is 3. The molecule has 3 N–H and O–H groups in total. The number of nitrogens with zero attached hydrogens (tertiary/aromatic N) is 1. The first-order valence-electron chi connectivity index (χ1n) is 13.5. The molecule has 4 amide bonds. The van der Waals surface area contributed by atoms with Crippen LogP contribution in [0.15, 0.2) is 66.7 Å². The van der Waals surface area contributed by atoms with Crippen LogP contribution in [0, 0.1) is 0 Å². The summed E-state index contributed by atoms with van der Waals surface area (Å²) in [6, 6.07) is 19.5. The van der Waals surface area contributed by atoms with E-state index in [1.54, 1.807) is 20.3 Å². The molecule has 0 aromatic heterocycles. The summed E-state index contributed by atoms with van der Waals surface area (Å²) in [6.07, 6.45) is 5.62. The number of benzene rings is 3. The van der Waals surface area contributed by atoms with Crippen LogP contribution in [-0.4, -0.2) is 50.1 Å². The molecule has 0 bridgehead atoms. The highest BCUT2D eigenvalue weighted by atomic mass is 16.5. The summed E-state index contributed by atoms with van der Waals surface area (Å²) in [5.41, 5.74) is 8.05. The molecule has 0 atom stereocenters. The fraction of sp³-hybridized carbons (Fsp3) is 0.281. The van der Waals surface area contributed by atoms with E-state index in [1.807, 2.05) is 71.6 Å². The third-order valence-electron chi connectivity index (χ3n) is 6.79. The molecule has 3 aromatic rings. The lowest BCUT2D eigenvalue weighted by molar-refractivity contribution is -0.125. The minimum Gasteiger partial charge on any atom is -0.497 e. The van der Waals surface area contributed by atoms with Crippen LogP contribution in [0.25, 0.3) is 11.6 Å². The van der Waals surface area contributed by atoms with Gasteiger partial charge >= 0.3 is 6.03 Å². The van der Waals surface area contributed by atoms with Gasteiger partial charge in [-0.2, -0.15) is 0 Å². The molecule has 1 heterocycles. The number of nitrogens with one attached hydrogen (secondary N) is 1. The van der Waals surface area contributed by atoms with Crippen molar-refractivity contribution in [3.8, 4) is 23.0 Å². The molecule has 0 unspecified atom stereocenters. The molecule has 1 aliphatic heterocycles. The maximum atomic E-state index is 13.7. The number of amides is 4. The molecule has 9 heteroatoms. The van der Waals surface area contributed by atoms with Gasteiger partial charge in [-0.1, -0.05) is 24.3 Å². The fourth-order valence-corrected chi connectivity index (χ4v) is 4.64. The number of piperidine rings is 1. The maximum absolute atomic E-state index is 13.7. The second kappa shape index (κ2) is 14.0. The molecule has 0 saturated carbocycles. The molecule has 1 saturated heterocycles. The van der Waals surface area contributed by atoms with E-state index in [1.165, 1.54) is 0 Å². The fourth-order valence-electron chi connectivity index (χ4n) is 4.64. The monoisotopic (exact) mass is 557 g/mol. The van der Waals surface area contributed by atoms with E-state index in [0.29, 0.717) is 35.0 Å². The van der Waals surface area contributed by atoms with E-state index in [2.05, 4.69) is 5.32 Å². The Kier molecular flexibility index (Phi) is 9.99. The van der Waals surface area contributed by atoms with Gasteiger partial charge in [-0.05, 0) is 84.8 Å². The number of hydrogen-bond donors (Lipinski definition) is 2. The number of likely N-dealkylation sites (tertiary alicyclic amines) is 1. The minimum atomic E-state index is -0.858. The van der Waals surface area contributed by atoms with Crippen molar-refractivity contribution in [2.45, 2.75) is 32.1 Å². The number of aryl methyl sites for hydroxylation is 1. The zero-order valence-corrected chi connectivity index (χ0v) is 23.4. The number of rotatable bonds is 10. The summed E-state index contributed by atoms with van der Waals surface area (Å²) in [7, 11) is 3.19. The van der Waals surface area contributed by atoms with E-state index in [-0.39, 0.29) is 12.3 Å². The van der Waals surface area contributed by atoms with Crippen LogP contribution in [0.2, 0.25) is 0 Å². The van der Waals surface area contributed by atoms with E-state index < -0.39 is 11.9 Å². The number of carbonyl (C=O) groups is 3. The van der Waals surface area contributed by atoms with Gasteiger partial charge in [-0.15, -0.1) is 0 Å². The lowest BCUT2D eigenvalue weighted by Gasteiger charge is -2.28. The number of hydrogen-bond acceptors (Lipinski definition) is 6. The van der Waals surface area contributed by atoms with Crippen molar-refractivity contribution in [2.75, 3.05) is 27.3 Å².